The molecule has 0 saturated carbocycles. The number of alkyl carbamates (subject to hydrolysis) is 1. The molecule has 0 heterocycles. The summed E-state index contributed by atoms with van der Waals surface area (Å²) in [4.78, 5) is 42.9. The molecule has 27 heavy (non-hydrogen) atoms. The summed E-state index contributed by atoms with van der Waals surface area (Å²) in [5.74, 6) is -2.77. The lowest BCUT2D eigenvalue weighted by Gasteiger charge is -2.13. The second kappa shape index (κ2) is 9.47. The van der Waals surface area contributed by atoms with Gasteiger partial charge in [-0.3, -0.25) is 14.9 Å². The Bertz CT molecular complexity index is 821. The zero-order chi connectivity index (χ0) is 20.6. The van der Waals surface area contributed by atoms with Crippen molar-refractivity contribution in [2.45, 2.75) is 23.8 Å². The first-order valence-electron chi connectivity index (χ1n) is 7.44. The van der Waals surface area contributed by atoms with Crippen LogP contribution in [0.3, 0.4) is 0 Å². The third kappa shape index (κ3) is 7.27. The number of primary amides is 1. The molecule has 1 aromatic rings. The van der Waals surface area contributed by atoms with Gasteiger partial charge in [0.2, 0.25) is 5.91 Å². The lowest BCUT2D eigenvalue weighted by molar-refractivity contribution is -0.384. The lowest BCUT2D eigenvalue weighted by Crippen LogP contribution is -2.42. The number of carboxylic acids is 1. The Kier molecular flexibility index (Phi) is 7.65. The molecule has 0 spiro atoms. The molecular formula is C14H17N3O9S. The number of nitro benzene ring substituents is 1. The molecule has 0 aliphatic rings. The number of nitro groups is 1. The monoisotopic (exact) mass is 403 g/mol. The number of carbonyl (C=O) groups is 3. The number of benzene rings is 1. The summed E-state index contributed by atoms with van der Waals surface area (Å²) in [7, 11) is -3.87. The van der Waals surface area contributed by atoms with Crippen LogP contribution in [0.15, 0.2) is 29.2 Å². The molecule has 2 amide bonds. The summed E-state index contributed by atoms with van der Waals surface area (Å²) in [5, 5.41) is 21.5. The fraction of sp³-hybridized carbons (Fsp3) is 0.357. The van der Waals surface area contributed by atoms with Crippen LogP contribution in [0.2, 0.25) is 0 Å². The van der Waals surface area contributed by atoms with Gasteiger partial charge in [0, 0.05) is 18.6 Å². The number of hydrogen-bond donors (Lipinski definition) is 3. The van der Waals surface area contributed by atoms with E-state index in [1.54, 1.807) is 0 Å². The van der Waals surface area contributed by atoms with Crippen molar-refractivity contribution in [1.29, 1.82) is 0 Å². The van der Waals surface area contributed by atoms with E-state index in [0.717, 1.165) is 24.3 Å². The third-order valence-corrected chi connectivity index (χ3v) is 4.96. The number of ether oxygens (including phenoxy) is 1. The topological polar surface area (TPSA) is 196 Å². The van der Waals surface area contributed by atoms with Gasteiger partial charge in [-0.2, -0.15) is 0 Å². The molecule has 4 N–H and O–H groups in total. The molecule has 0 aliphatic heterocycles. The Hall–Kier alpha value is -3.22. The second-order valence-corrected chi connectivity index (χ2v) is 7.36. The third-order valence-electron chi connectivity index (χ3n) is 3.26. The van der Waals surface area contributed by atoms with Gasteiger partial charge in [0.1, 0.15) is 12.6 Å². The molecule has 148 valence electrons. The van der Waals surface area contributed by atoms with Crippen LogP contribution in [0.25, 0.3) is 0 Å². The molecular weight excluding hydrogens is 386 g/mol. The number of aliphatic carboxylic acids is 1. The maximum Gasteiger partial charge on any atom is 0.407 e. The maximum absolute atomic E-state index is 12.1. The molecule has 0 bridgehead atoms. The summed E-state index contributed by atoms with van der Waals surface area (Å²) < 4.78 is 28.8. The Morgan fingerprint density at radius 1 is 1.26 bits per heavy atom. The van der Waals surface area contributed by atoms with Crippen molar-refractivity contribution in [2.24, 2.45) is 5.73 Å². The number of hydrogen-bond acceptors (Lipinski definition) is 8. The first-order valence-corrected chi connectivity index (χ1v) is 9.10. The molecule has 1 atom stereocenters. The van der Waals surface area contributed by atoms with E-state index >= 15 is 0 Å². The molecule has 0 fully saturated rings. The molecule has 1 rings (SSSR count). The molecule has 0 aromatic heterocycles. The van der Waals surface area contributed by atoms with Crippen molar-refractivity contribution in [1.82, 2.24) is 5.32 Å². The maximum atomic E-state index is 12.1. The largest absolute Gasteiger partial charge is 0.480 e. The summed E-state index contributed by atoms with van der Waals surface area (Å²) in [6, 6.07) is 2.74. The summed E-state index contributed by atoms with van der Waals surface area (Å²) in [6.45, 7) is -0.576. The highest BCUT2D eigenvalue weighted by molar-refractivity contribution is 7.91. The van der Waals surface area contributed by atoms with Crippen molar-refractivity contribution < 1.29 is 37.6 Å². The number of non-ortho nitro benzene ring substituents is 1. The number of carbonyl (C=O) groups excluding carboxylic acids is 2. The highest BCUT2D eigenvalue weighted by Crippen LogP contribution is 2.16. The summed E-state index contributed by atoms with van der Waals surface area (Å²) in [6.07, 6.45) is -1.70. The highest BCUT2D eigenvalue weighted by Gasteiger charge is 2.22. The number of nitrogens with one attached hydrogen (secondary N) is 1. The number of amides is 2. The first kappa shape index (κ1) is 21.8. The molecule has 1 unspecified atom stereocenters. The number of nitrogens with zero attached hydrogens (tertiary/aromatic N) is 1. The quantitative estimate of drug-likeness (QED) is 0.350. The van der Waals surface area contributed by atoms with Gasteiger partial charge in [0.25, 0.3) is 5.69 Å². The van der Waals surface area contributed by atoms with Gasteiger partial charge in [-0.15, -0.1) is 0 Å². The van der Waals surface area contributed by atoms with Crippen LogP contribution in [0, 0.1) is 10.1 Å². The summed E-state index contributed by atoms with van der Waals surface area (Å²) >= 11 is 0. The molecule has 0 aliphatic carbocycles. The van der Waals surface area contributed by atoms with Gasteiger partial charge in [-0.1, -0.05) is 0 Å². The van der Waals surface area contributed by atoms with E-state index in [-0.39, 0.29) is 23.4 Å². The Labute approximate surface area is 153 Å². The van der Waals surface area contributed by atoms with E-state index in [4.69, 9.17) is 10.8 Å². The molecule has 13 heteroatoms. The zero-order valence-corrected chi connectivity index (χ0v) is 14.7. The van der Waals surface area contributed by atoms with E-state index in [9.17, 15) is 32.9 Å². The number of carboxylic acid groups (broad SMARTS) is 1. The van der Waals surface area contributed by atoms with Gasteiger partial charge in [0.15, 0.2) is 9.84 Å². The van der Waals surface area contributed by atoms with E-state index in [1.807, 2.05) is 5.32 Å². The SMILES string of the molecule is NC(=O)CCC(NC(=O)OCCS(=O)(=O)c1ccc([N+](=O)[O-])cc1)C(=O)O. The van der Waals surface area contributed by atoms with Crippen LogP contribution in [-0.2, 0) is 24.2 Å². The van der Waals surface area contributed by atoms with Gasteiger partial charge >= 0.3 is 12.1 Å². The predicted molar refractivity (Wildman–Crippen MR) is 89.5 cm³/mol. The van der Waals surface area contributed by atoms with Crippen molar-refractivity contribution >= 4 is 33.5 Å². The molecule has 1 aromatic carbocycles. The number of sulfone groups is 1. The average Bonchev–Trinajstić information content (AvgIpc) is 2.58. The van der Waals surface area contributed by atoms with Crippen LogP contribution < -0.4 is 11.1 Å². The fourth-order valence-electron chi connectivity index (χ4n) is 1.87. The zero-order valence-electron chi connectivity index (χ0n) is 13.9. The van der Waals surface area contributed by atoms with Crippen molar-refractivity contribution in [2.75, 3.05) is 12.4 Å². The number of nitrogens with two attached hydrogens (primary N) is 1. The van der Waals surface area contributed by atoms with Gasteiger partial charge < -0.3 is 20.9 Å². The standard InChI is InChI=1S/C14H17N3O9S/c15-12(18)6-5-11(13(19)20)16-14(21)26-7-8-27(24,25)10-3-1-9(2-4-10)17(22)23/h1-4,11H,5-8H2,(H2,15,18)(H,16,21)(H,19,20). The molecule has 12 nitrogen and oxygen atoms in total. The fourth-order valence-corrected chi connectivity index (χ4v) is 2.95. The minimum atomic E-state index is -3.87. The van der Waals surface area contributed by atoms with Crippen molar-refractivity contribution in [3.63, 3.8) is 0 Å². The van der Waals surface area contributed by atoms with E-state index in [2.05, 4.69) is 4.74 Å². The minimum absolute atomic E-state index is 0.193. The second-order valence-electron chi connectivity index (χ2n) is 5.25. The van der Waals surface area contributed by atoms with Gasteiger partial charge in [-0.05, 0) is 18.6 Å². The minimum Gasteiger partial charge on any atom is -0.480 e. The van der Waals surface area contributed by atoms with E-state index in [0.29, 0.717) is 0 Å². The van der Waals surface area contributed by atoms with E-state index < -0.39 is 51.1 Å². The predicted octanol–water partition coefficient (Wildman–Crippen LogP) is -0.187. The van der Waals surface area contributed by atoms with Crippen LogP contribution in [0.5, 0.6) is 0 Å². The summed E-state index contributed by atoms with van der Waals surface area (Å²) in [5.41, 5.74) is 4.62. The smallest absolute Gasteiger partial charge is 0.407 e. The van der Waals surface area contributed by atoms with Crippen LogP contribution in [-0.4, -0.2) is 54.8 Å². The van der Waals surface area contributed by atoms with Crippen LogP contribution in [0.1, 0.15) is 12.8 Å². The van der Waals surface area contributed by atoms with Crippen LogP contribution >= 0.6 is 0 Å². The Morgan fingerprint density at radius 2 is 1.85 bits per heavy atom. The van der Waals surface area contributed by atoms with Crippen molar-refractivity contribution in [3.05, 3.63) is 34.4 Å². The Morgan fingerprint density at radius 3 is 2.33 bits per heavy atom. The average molecular weight is 403 g/mol. The van der Waals surface area contributed by atoms with Crippen molar-refractivity contribution in [3.8, 4) is 0 Å². The van der Waals surface area contributed by atoms with E-state index in [1.165, 1.54) is 0 Å². The normalized spacial score (nSPS) is 12.0. The number of rotatable bonds is 10. The van der Waals surface area contributed by atoms with Crippen LogP contribution in [0.4, 0.5) is 10.5 Å². The van der Waals surface area contributed by atoms with Gasteiger partial charge in [-0.25, -0.2) is 18.0 Å². The molecule has 0 radical (unpaired) electrons. The lowest BCUT2D eigenvalue weighted by atomic mass is 10.1. The highest BCUT2D eigenvalue weighted by atomic mass is 32.2. The van der Waals surface area contributed by atoms with Gasteiger partial charge in [0.05, 0.1) is 15.6 Å². The first-order chi connectivity index (χ1) is 12.5. The Balaban J connectivity index is 2.56. The molecule has 0 saturated heterocycles.